The fraction of sp³-hybridized carbons (Fsp3) is 0.579. The van der Waals surface area contributed by atoms with Crippen molar-refractivity contribution >= 4 is 17.6 Å². The molecule has 25 heavy (non-hydrogen) atoms. The van der Waals surface area contributed by atoms with Crippen molar-refractivity contribution < 1.29 is 9.59 Å². The van der Waals surface area contributed by atoms with Crippen LogP contribution in [0.4, 0.5) is 10.5 Å². The molecule has 0 spiro atoms. The Balaban J connectivity index is 1.38. The molecule has 1 heterocycles. The van der Waals surface area contributed by atoms with E-state index in [4.69, 9.17) is 0 Å². The number of carbonyl (C=O) groups is 2. The van der Waals surface area contributed by atoms with Gasteiger partial charge in [0.2, 0.25) is 5.91 Å². The van der Waals surface area contributed by atoms with Crippen LogP contribution in [0.3, 0.4) is 0 Å². The first-order valence-corrected chi connectivity index (χ1v) is 9.25. The monoisotopic (exact) mass is 344 g/mol. The van der Waals surface area contributed by atoms with Crippen molar-refractivity contribution in [3.63, 3.8) is 0 Å². The third-order valence-corrected chi connectivity index (χ3v) is 5.18. The molecule has 0 unspecified atom stereocenters. The lowest BCUT2D eigenvalue weighted by atomic mass is 10.2. The van der Waals surface area contributed by atoms with Crippen LogP contribution in [0.1, 0.15) is 31.2 Å². The number of hydrogen-bond donors (Lipinski definition) is 2. The van der Waals surface area contributed by atoms with E-state index in [0.717, 1.165) is 43.5 Å². The Morgan fingerprint density at radius 2 is 1.84 bits per heavy atom. The Hall–Kier alpha value is -2.08. The minimum atomic E-state index is -0.344. The molecule has 1 aliphatic carbocycles. The van der Waals surface area contributed by atoms with Gasteiger partial charge in [-0.25, -0.2) is 4.79 Å². The minimum Gasteiger partial charge on any atom is -0.339 e. The molecule has 3 rings (SSSR count). The molecule has 0 bridgehead atoms. The van der Waals surface area contributed by atoms with E-state index in [1.807, 2.05) is 36.1 Å². The van der Waals surface area contributed by atoms with Gasteiger partial charge in [-0.3, -0.25) is 9.69 Å². The smallest absolute Gasteiger partial charge is 0.319 e. The minimum absolute atomic E-state index is 0.00883. The van der Waals surface area contributed by atoms with E-state index in [2.05, 4.69) is 15.5 Å². The summed E-state index contributed by atoms with van der Waals surface area (Å²) >= 11 is 0. The molecular formula is C19H28N4O2. The molecule has 0 radical (unpaired) electrons. The SMILES string of the molecule is Cc1cccc(NC(=O)NCC(=O)N2CCN(C3CCCC3)CC2)c1. The maximum atomic E-state index is 12.3. The number of anilines is 1. The van der Waals surface area contributed by atoms with E-state index in [1.165, 1.54) is 25.7 Å². The summed E-state index contributed by atoms with van der Waals surface area (Å²) in [6.45, 7) is 5.43. The highest BCUT2D eigenvalue weighted by Crippen LogP contribution is 2.24. The highest BCUT2D eigenvalue weighted by Gasteiger charge is 2.27. The number of amides is 3. The summed E-state index contributed by atoms with van der Waals surface area (Å²) in [5, 5.41) is 5.42. The molecule has 6 heteroatoms. The van der Waals surface area contributed by atoms with E-state index in [9.17, 15) is 9.59 Å². The van der Waals surface area contributed by atoms with E-state index in [0.29, 0.717) is 0 Å². The number of urea groups is 1. The van der Waals surface area contributed by atoms with Gasteiger partial charge in [0.25, 0.3) is 0 Å². The number of aryl methyl sites for hydroxylation is 1. The Kier molecular flexibility index (Phi) is 5.91. The molecule has 3 amide bonds. The van der Waals surface area contributed by atoms with Crippen molar-refractivity contribution in [3.05, 3.63) is 29.8 Å². The molecule has 1 aromatic carbocycles. The van der Waals surface area contributed by atoms with Crippen molar-refractivity contribution in [2.75, 3.05) is 38.0 Å². The largest absolute Gasteiger partial charge is 0.339 e. The van der Waals surface area contributed by atoms with Gasteiger partial charge in [-0.15, -0.1) is 0 Å². The van der Waals surface area contributed by atoms with Gasteiger partial charge in [0.05, 0.1) is 6.54 Å². The first kappa shape index (κ1) is 17.7. The molecule has 2 fully saturated rings. The Bertz CT molecular complexity index is 605. The molecule has 0 aromatic heterocycles. The Morgan fingerprint density at radius 3 is 2.52 bits per heavy atom. The third kappa shape index (κ3) is 4.95. The Morgan fingerprint density at radius 1 is 1.12 bits per heavy atom. The van der Waals surface area contributed by atoms with Gasteiger partial charge in [0.1, 0.15) is 0 Å². The van der Waals surface area contributed by atoms with E-state index in [1.54, 1.807) is 0 Å². The van der Waals surface area contributed by atoms with E-state index < -0.39 is 0 Å². The topological polar surface area (TPSA) is 64.7 Å². The summed E-state index contributed by atoms with van der Waals surface area (Å²) in [4.78, 5) is 28.6. The second kappa shape index (κ2) is 8.34. The first-order chi connectivity index (χ1) is 12.1. The molecule has 1 aromatic rings. The van der Waals surface area contributed by atoms with Gasteiger partial charge >= 0.3 is 6.03 Å². The molecule has 1 saturated heterocycles. The van der Waals surface area contributed by atoms with Gasteiger partial charge in [-0.05, 0) is 37.5 Å². The number of nitrogens with zero attached hydrogens (tertiary/aromatic N) is 2. The van der Waals surface area contributed by atoms with Crippen LogP contribution in [-0.4, -0.2) is 60.5 Å². The molecule has 2 aliphatic rings. The van der Waals surface area contributed by atoms with Gasteiger partial charge in [-0.2, -0.15) is 0 Å². The van der Waals surface area contributed by atoms with Crippen LogP contribution < -0.4 is 10.6 Å². The van der Waals surface area contributed by atoms with Gasteiger partial charge in [-0.1, -0.05) is 25.0 Å². The molecule has 2 N–H and O–H groups in total. The van der Waals surface area contributed by atoms with E-state index in [-0.39, 0.29) is 18.5 Å². The van der Waals surface area contributed by atoms with E-state index >= 15 is 0 Å². The van der Waals surface area contributed by atoms with Crippen molar-refractivity contribution in [2.45, 2.75) is 38.6 Å². The molecule has 1 aliphatic heterocycles. The number of hydrogen-bond acceptors (Lipinski definition) is 3. The third-order valence-electron chi connectivity index (χ3n) is 5.18. The zero-order valence-electron chi connectivity index (χ0n) is 15.0. The van der Waals surface area contributed by atoms with Gasteiger partial charge in [0, 0.05) is 37.9 Å². The average molecular weight is 344 g/mol. The lowest BCUT2D eigenvalue weighted by Crippen LogP contribution is -2.53. The second-order valence-corrected chi connectivity index (χ2v) is 7.03. The van der Waals surface area contributed by atoms with Crippen LogP contribution >= 0.6 is 0 Å². The second-order valence-electron chi connectivity index (χ2n) is 7.03. The highest BCUT2D eigenvalue weighted by atomic mass is 16.2. The van der Waals surface area contributed by atoms with Crippen LogP contribution in [0.5, 0.6) is 0 Å². The number of rotatable bonds is 4. The molecule has 1 saturated carbocycles. The lowest BCUT2D eigenvalue weighted by Gasteiger charge is -2.38. The van der Waals surface area contributed by atoms with Crippen molar-refractivity contribution in [1.29, 1.82) is 0 Å². The van der Waals surface area contributed by atoms with Crippen LogP contribution in [0.2, 0.25) is 0 Å². The normalized spacial score (nSPS) is 19.0. The van der Waals surface area contributed by atoms with Crippen molar-refractivity contribution in [3.8, 4) is 0 Å². The summed E-state index contributed by atoms with van der Waals surface area (Å²) < 4.78 is 0. The maximum absolute atomic E-state index is 12.3. The zero-order chi connectivity index (χ0) is 17.6. The summed E-state index contributed by atoms with van der Waals surface area (Å²) in [6, 6.07) is 7.96. The summed E-state index contributed by atoms with van der Waals surface area (Å²) in [7, 11) is 0. The predicted octanol–water partition coefficient (Wildman–Crippen LogP) is 2.20. The lowest BCUT2D eigenvalue weighted by molar-refractivity contribution is -0.132. The van der Waals surface area contributed by atoms with Crippen LogP contribution in [-0.2, 0) is 4.79 Å². The zero-order valence-corrected chi connectivity index (χ0v) is 15.0. The standard InChI is InChI=1S/C19H28N4O2/c1-15-5-4-6-16(13-15)21-19(25)20-14-18(24)23-11-9-22(10-12-23)17-7-2-3-8-17/h4-6,13,17H,2-3,7-12,14H2,1H3,(H2,20,21,25). The molecule has 136 valence electrons. The molecular weight excluding hydrogens is 316 g/mol. The van der Waals surface area contributed by atoms with Crippen molar-refractivity contribution in [2.24, 2.45) is 0 Å². The quantitative estimate of drug-likeness (QED) is 0.880. The first-order valence-electron chi connectivity index (χ1n) is 9.25. The van der Waals surface area contributed by atoms with Crippen LogP contribution in [0.15, 0.2) is 24.3 Å². The van der Waals surface area contributed by atoms with Gasteiger partial charge < -0.3 is 15.5 Å². The predicted molar refractivity (Wildman–Crippen MR) is 98.6 cm³/mol. The van der Waals surface area contributed by atoms with Gasteiger partial charge in [0.15, 0.2) is 0 Å². The van der Waals surface area contributed by atoms with Crippen molar-refractivity contribution in [1.82, 2.24) is 15.1 Å². The maximum Gasteiger partial charge on any atom is 0.319 e. The average Bonchev–Trinajstić information content (AvgIpc) is 3.14. The highest BCUT2D eigenvalue weighted by molar-refractivity contribution is 5.92. The summed E-state index contributed by atoms with van der Waals surface area (Å²) in [6.07, 6.45) is 5.27. The number of nitrogens with one attached hydrogen (secondary N) is 2. The Labute approximate surface area is 149 Å². The molecule has 6 nitrogen and oxygen atoms in total. The number of carbonyl (C=O) groups excluding carboxylic acids is 2. The summed E-state index contributed by atoms with van der Waals surface area (Å²) in [5.41, 5.74) is 1.81. The van der Waals surface area contributed by atoms with Crippen LogP contribution in [0.25, 0.3) is 0 Å². The summed E-state index contributed by atoms with van der Waals surface area (Å²) in [5.74, 6) is -0.00883. The number of benzene rings is 1. The molecule has 0 atom stereocenters. The van der Waals surface area contributed by atoms with Crippen LogP contribution in [0, 0.1) is 6.92 Å². The number of piperazine rings is 1. The fourth-order valence-electron chi connectivity index (χ4n) is 3.77. The fourth-order valence-corrected chi connectivity index (χ4v) is 3.77.